The Hall–Kier alpha value is -7.80. The summed E-state index contributed by atoms with van der Waals surface area (Å²) >= 11 is 1.43. The molecule has 3 aromatic carbocycles. The number of unbranched alkanes of at least 4 members (excludes halogenated alkanes) is 5. The number of carbonyl (C=O) groups excluding carboxylic acids is 6. The number of thiazole rings is 1. The third-order valence-corrected chi connectivity index (χ3v) is 18.6. The van der Waals surface area contributed by atoms with E-state index in [-0.39, 0.29) is 46.9 Å². The number of para-hydroxylation sites is 1. The van der Waals surface area contributed by atoms with Crippen molar-refractivity contribution < 1.29 is 38.7 Å². The minimum absolute atomic E-state index is 0.0546. The molecule has 7 aliphatic rings. The van der Waals surface area contributed by atoms with Crippen LogP contribution in [0.2, 0.25) is 0 Å². The van der Waals surface area contributed by atoms with Crippen LogP contribution in [0.3, 0.4) is 0 Å². The number of hydrogen-bond donors (Lipinski definition) is 5. The van der Waals surface area contributed by atoms with Crippen LogP contribution >= 0.6 is 11.3 Å². The molecule has 19 heteroatoms. The van der Waals surface area contributed by atoms with Gasteiger partial charge in [-0.2, -0.15) is 5.10 Å². The molecule has 3 aromatic heterocycles. The van der Waals surface area contributed by atoms with Crippen LogP contribution in [0.5, 0.6) is 0 Å². The zero-order valence-corrected chi connectivity index (χ0v) is 45.1. The Labute approximate surface area is 461 Å². The van der Waals surface area contributed by atoms with Crippen molar-refractivity contribution in [3.63, 3.8) is 0 Å². The maximum atomic E-state index is 14.3. The summed E-state index contributed by atoms with van der Waals surface area (Å²) in [5.74, 6) is -1.78. The Bertz CT molecular complexity index is 3430. The number of hydrogen-bond acceptors (Lipinski definition) is 13. The molecule has 3 aliphatic heterocycles. The number of imide groups is 2. The highest BCUT2D eigenvalue weighted by molar-refractivity contribution is 7.22. The van der Waals surface area contributed by atoms with E-state index in [4.69, 9.17) is 10.1 Å². The van der Waals surface area contributed by atoms with Crippen LogP contribution in [0.1, 0.15) is 148 Å². The molecule has 6 aromatic rings. The number of aromatic carboxylic acids is 1. The second kappa shape index (κ2) is 21.1. The maximum Gasteiger partial charge on any atom is 0.355 e. The normalized spacial score (nSPS) is 23.0. The second-order valence-electron chi connectivity index (χ2n) is 22.9. The fraction of sp³-hybridized carbons (Fsp3) is 0.433. The third kappa shape index (κ3) is 9.94. The Morgan fingerprint density at radius 1 is 0.810 bits per heavy atom. The number of carboxylic acid groups (broad SMARTS) is 1. The predicted octanol–water partition coefficient (Wildman–Crippen LogP) is 8.93. The van der Waals surface area contributed by atoms with Gasteiger partial charge in [-0.1, -0.05) is 67.4 Å². The first-order chi connectivity index (χ1) is 38.2. The molecule has 5 fully saturated rings. The largest absolute Gasteiger partial charge is 0.476 e. The maximum absolute atomic E-state index is 14.3. The van der Waals surface area contributed by atoms with Crippen LogP contribution in [0.4, 0.5) is 16.6 Å². The highest BCUT2D eigenvalue weighted by Gasteiger charge is 2.60. The Kier molecular flexibility index (Phi) is 13.9. The van der Waals surface area contributed by atoms with Gasteiger partial charge in [0.2, 0.25) is 17.7 Å². The summed E-state index contributed by atoms with van der Waals surface area (Å²) in [6.45, 7) is 4.92. The van der Waals surface area contributed by atoms with Crippen molar-refractivity contribution in [3.8, 4) is 11.1 Å². The SMILES string of the molecule is Cc1c(-c2ccc(N3CCc4cccc(C(=O)Nc5nc6ccccc6s5)c4C3)nc2C(=O)O)cnn1C[C@]12CC3CC(C1)C[C@](C(=O)NCCCCCCCCNc1cccc4c1C(=O)N(C1CCC(=O)NC1=O)C4=O)(C3)C2. The molecule has 18 nitrogen and oxygen atoms in total. The molecular weight excluding hydrogens is 1020 g/mol. The number of amides is 6. The Morgan fingerprint density at radius 2 is 1.58 bits per heavy atom. The van der Waals surface area contributed by atoms with Crippen LogP contribution in [-0.4, -0.2) is 96.8 Å². The minimum atomic E-state index is -1.13. The summed E-state index contributed by atoms with van der Waals surface area (Å²) in [5.41, 5.74) is 5.96. The van der Waals surface area contributed by atoms with Crippen molar-refractivity contribution in [3.05, 3.63) is 118 Å². The van der Waals surface area contributed by atoms with Gasteiger partial charge in [0.15, 0.2) is 10.8 Å². The van der Waals surface area contributed by atoms with Crippen molar-refractivity contribution in [2.45, 2.75) is 122 Å². The highest BCUT2D eigenvalue weighted by atomic mass is 32.1. The van der Waals surface area contributed by atoms with Crippen molar-refractivity contribution in [2.75, 3.05) is 35.2 Å². The molecule has 4 saturated carbocycles. The Balaban J connectivity index is 0.625. The zero-order chi connectivity index (χ0) is 54.6. The fourth-order valence-corrected chi connectivity index (χ4v) is 15.3. The number of anilines is 3. The van der Waals surface area contributed by atoms with E-state index in [2.05, 4.69) is 26.3 Å². The van der Waals surface area contributed by atoms with E-state index in [0.29, 0.717) is 78.7 Å². The smallest absolute Gasteiger partial charge is 0.355 e. The average Bonchev–Trinajstić information content (AvgIpc) is 4.15. The number of piperidine rings is 1. The van der Waals surface area contributed by atoms with Crippen LogP contribution in [0.15, 0.2) is 79.0 Å². The van der Waals surface area contributed by atoms with Crippen molar-refractivity contribution >= 4 is 79.6 Å². The monoisotopic (exact) mass is 1080 g/mol. The number of nitrogens with one attached hydrogen (secondary N) is 4. The van der Waals surface area contributed by atoms with E-state index in [1.807, 2.05) is 71.1 Å². The van der Waals surface area contributed by atoms with Crippen LogP contribution < -0.4 is 26.2 Å². The van der Waals surface area contributed by atoms with Gasteiger partial charge in [0, 0.05) is 67.2 Å². The quantitative estimate of drug-likeness (QED) is 0.0377. The number of carbonyl (C=O) groups is 7. The number of rotatable bonds is 19. The van der Waals surface area contributed by atoms with Gasteiger partial charge < -0.3 is 20.6 Å². The molecule has 408 valence electrons. The predicted molar refractivity (Wildman–Crippen MR) is 298 cm³/mol. The number of pyridine rings is 1. The van der Waals surface area contributed by atoms with Crippen molar-refractivity contribution in [2.24, 2.45) is 22.7 Å². The first-order valence-electron chi connectivity index (χ1n) is 27.9. The fourth-order valence-electron chi connectivity index (χ4n) is 14.4. The van der Waals surface area contributed by atoms with E-state index < -0.39 is 41.1 Å². The second-order valence-corrected chi connectivity index (χ2v) is 24.0. The lowest BCUT2D eigenvalue weighted by Gasteiger charge is -2.61. The number of carboxylic acids is 1. The molecule has 6 amide bonds. The Morgan fingerprint density at radius 3 is 2.37 bits per heavy atom. The van der Waals surface area contributed by atoms with Gasteiger partial charge in [0.1, 0.15) is 11.9 Å². The van der Waals surface area contributed by atoms with Crippen molar-refractivity contribution in [1.29, 1.82) is 0 Å². The standard InChI is InChI=1S/C60H64N10O8S/c1-35-42(39-18-20-48(65-51(39)56(76)77)68-25-22-38-12-10-13-40(43(38)32-68)52(72)67-58-64-44-15-6-7-17-47(44)79-58)31-63-69(35)34-59-27-36-26-37(28-59)30-60(29-36,33-59)57(78)62-24-9-5-3-2-4-8-23-61-45-16-11-14-41-50(45)55(75)70(54(41)74)46-19-21-49(71)66-53(46)73/h6-7,10-18,20,31,36-37,46,61H,2-5,8-9,19,21-30,32-34H2,1H3,(H,62,78)(H,76,77)(H,64,67,72)(H,66,71,73)/t36?,37?,46?,59-,60-. The molecule has 4 aliphatic carbocycles. The van der Waals surface area contributed by atoms with Crippen LogP contribution in [-0.2, 0) is 33.9 Å². The van der Waals surface area contributed by atoms with Gasteiger partial charge in [-0.15, -0.1) is 0 Å². The number of benzene rings is 3. The summed E-state index contributed by atoms with van der Waals surface area (Å²) in [6.07, 6.45) is 14.3. The van der Waals surface area contributed by atoms with Crippen LogP contribution in [0.25, 0.3) is 21.3 Å². The molecular formula is C60H64N10O8S. The summed E-state index contributed by atoms with van der Waals surface area (Å²) in [7, 11) is 0. The van der Waals surface area contributed by atoms with E-state index in [9.17, 15) is 38.7 Å². The first-order valence-corrected chi connectivity index (χ1v) is 28.7. The molecule has 13 rings (SSSR count). The highest BCUT2D eigenvalue weighted by Crippen LogP contribution is 2.66. The number of fused-ring (bicyclic) bond motifs is 3. The summed E-state index contributed by atoms with van der Waals surface area (Å²) in [5, 5.41) is 28.0. The lowest BCUT2D eigenvalue weighted by Crippen LogP contribution is -2.58. The molecule has 3 unspecified atom stereocenters. The van der Waals surface area contributed by atoms with Crippen molar-refractivity contribution in [1.82, 2.24) is 35.3 Å². The summed E-state index contributed by atoms with van der Waals surface area (Å²) < 4.78 is 3.02. The third-order valence-electron chi connectivity index (χ3n) is 17.7. The van der Waals surface area contributed by atoms with E-state index >= 15 is 0 Å². The lowest BCUT2D eigenvalue weighted by molar-refractivity contribution is -0.159. The molecule has 1 saturated heterocycles. The van der Waals surface area contributed by atoms with E-state index in [1.54, 1.807) is 24.4 Å². The molecule has 79 heavy (non-hydrogen) atoms. The first kappa shape index (κ1) is 51.9. The molecule has 0 spiro atoms. The zero-order valence-electron chi connectivity index (χ0n) is 44.3. The average molecular weight is 1090 g/mol. The van der Waals surface area contributed by atoms with E-state index in [0.717, 1.165) is 115 Å². The van der Waals surface area contributed by atoms with Gasteiger partial charge in [0.25, 0.3) is 17.7 Å². The topological polar surface area (TPSA) is 238 Å². The van der Waals surface area contributed by atoms with Gasteiger partial charge in [-0.25, -0.2) is 14.8 Å². The number of aromatic nitrogens is 4. The van der Waals surface area contributed by atoms with Gasteiger partial charge >= 0.3 is 5.97 Å². The summed E-state index contributed by atoms with van der Waals surface area (Å²) in [4.78, 5) is 104. The molecule has 5 N–H and O–H groups in total. The van der Waals surface area contributed by atoms with Gasteiger partial charge in [0.05, 0.1) is 33.0 Å². The summed E-state index contributed by atoms with van der Waals surface area (Å²) in [6, 6.07) is 21.3. The molecule has 0 radical (unpaired) electrons. The van der Waals surface area contributed by atoms with Crippen LogP contribution in [0, 0.1) is 29.6 Å². The molecule has 6 heterocycles. The van der Waals surface area contributed by atoms with Gasteiger partial charge in [-0.3, -0.25) is 49.0 Å². The number of nitrogens with zero attached hydrogens (tertiary/aromatic N) is 6. The van der Waals surface area contributed by atoms with Gasteiger partial charge in [-0.05, 0) is 142 Å². The van der Waals surface area contributed by atoms with E-state index in [1.165, 1.54) is 11.3 Å². The molecule has 4 bridgehead atoms. The lowest BCUT2D eigenvalue weighted by atomic mass is 9.44. The molecule has 3 atom stereocenters. The minimum Gasteiger partial charge on any atom is -0.476 e.